The van der Waals surface area contributed by atoms with Crippen molar-refractivity contribution >= 4 is 56.2 Å². The Bertz CT molecular complexity index is 1610. The molecule has 0 spiro atoms. The Labute approximate surface area is 234 Å². The van der Waals surface area contributed by atoms with Gasteiger partial charge in [0.1, 0.15) is 5.01 Å². The maximum absolute atomic E-state index is 12.8. The highest BCUT2D eigenvalue weighted by Gasteiger charge is 2.23. The molecule has 0 atom stereocenters. The van der Waals surface area contributed by atoms with Gasteiger partial charge in [-0.05, 0) is 94.0 Å². The molecule has 194 valence electrons. The first-order valence-electron chi connectivity index (χ1n) is 12.9. The van der Waals surface area contributed by atoms with Crippen LogP contribution in [0.15, 0.2) is 53.0 Å². The van der Waals surface area contributed by atoms with Crippen molar-refractivity contribution in [3.8, 4) is 22.0 Å². The van der Waals surface area contributed by atoms with E-state index in [1.165, 1.54) is 57.3 Å². The molecule has 1 aliphatic carbocycles. The molecule has 0 fully saturated rings. The van der Waals surface area contributed by atoms with Crippen LogP contribution in [0, 0.1) is 6.92 Å². The number of fused-ring (bicyclic) bond motifs is 2. The maximum Gasteiger partial charge on any atom is 0.234 e. The highest BCUT2D eigenvalue weighted by molar-refractivity contribution is 7.99. The molecule has 0 saturated carbocycles. The molecule has 3 aromatic heterocycles. The number of nitrogens with one attached hydrogen (secondary N) is 1. The van der Waals surface area contributed by atoms with Gasteiger partial charge in [-0.2, -0.15) is 0 Å². The molecule has 6 nitrogen and oxygen atoms in total. The summed E-state index contributed by atoms with van der Waals surface area (Å²) in [4.78, 5) is 19.0. The smallest absolute Gasteiger partial charge is 0.234 e. The van der Waals surface area contributed by atoms with Gasteiger partial charge in [-0.1, -0.05) is 17.8 Å². The van der Waals surface area contributed by atoms with Gasteiger partial charge >= 0.3 is 0 Å². The summed E-state index contributed by atoms with van der Waals surface area (Å²) in [5.74, 6) is 1.12. The number of hydrogen-bond donors (Lipinski definition) is 1. The Morgan fingerprint density at radius 2 is 1.92 bits per heavy atom. The molecule has 0 radical (unpaired) electrons. The highest BCUT2D eigenvalue weighted by atomic mass is 32.2. The van der Waals surface area contributed by atoms with Crippen LogP contribution in [0.1, 0.15) is 48.7 Å². The SMILES string of the molecule is Cc1ccc2nc(-c3ccc(NC(=O)CSc4nnc(-c5csc6c5CCCC6)n4C(C)C)cc3)sc2c1. The summed E-state index contributed by atoms with van der Waals surface area (Å²) in [5.41, 5.74) is 6.72. The van der Waals surface area contributed by atoms with Crippen LogP contribution in [0.2, 0.25) is 0 Å². The van der Waals surface area contributed by atoms with Crippen LogP contribution < -0.4 is 5.32 Å². The fraction of sp³-hybridized carbons (Fsp3) is 0.310. The molecule has 0 unspecified atom stereocenters. The van der Waals surface area contributed by atoms with Crippen LogP contribution >= 0.6 is 34.4 Å². The molecular formula is C29H29N5OS3. The quantitative estimate of drug-likeness (QED) is 0.206. The minimum absolute atomic E-state index is 0.0639. The first-order valence-corrected chi connectivity index (χ1v) is 15.6. The number of aryl methyl sites for hydroxylation is 2. The molecule has 1 aliphatic rings. The number of thiophene rings is 1. The Balaban J connectivity index is 1.12. The molecule has 0 bridgehead atoms. The standard InChI is InChI=1S/C29H29N5OS3/c1-17(2)34-27(22-15-36-24-7-5-4-6-21(22)24)32-33-29(34)37-16-26(35)30-20-11-9-19(10-12-20)28-31-23-13-8-18(3)14-25(23)38-28/h8-15,17H,4-7,16H2,1-3H3,(H,30,35). The molecular weight excluding hydrogens is 531 g/mol. The molecule has 1 amide bonds. The van der Waals surface area contributed by atoms with Crippen molar-refractivity contribution in [2.75, 3.05) is 11.1 Å². The van der Waals surface area contributed by atoms with Crippen LogP contribution in [0.4, 0.5) is 5.69 Å². The summed E-state index contributed by atoms with van der Waals surface area (Å²) in [6.07, 6.45) is 4.78. The van der Waals surface area contributed by atoms with E-state index in [-0.39, 0.29) is 17.7 Å². The van der Waals surface area contributed by atoms with Gasteiger partial charge in [0.25, 0.3) is 0 Å². The van der Waals surface area contributed by atoms with Crippen molar-refractivity contribution in [1.29, 1.82) is 0 Å². The lowest BCUT2D eigenvalue weighted by Crippen LogP contribution is -2.15. The summed E-state index contributed by atoms with van der Waals surface area (Å²) >= 11 is 4.96. The Kier molecular flexibility index (Phi) is 7.07. The lowest BCUT2D eigenvalue weighted by molar-refractivity contribution is -0.113. The zero-order valence-corrected chi connectivity index (χ0v) is 24.1. The van der Waals surface area contributed by atoms with E-state index >= 15 is 0 Å². The molecule has 5 aromatic rings. The number of thiazole rings is 1. The topological polar surface area (TPSA) is 72.7 Å². The second kappa shape index (κ2) is 10.6. The summed E-state index contributed by atoms with van der Waals surface area (Å²) < 4.78 is 3.36. The van der Waals surface area contributed by atoms with Crippen molar-refractivity contribution in [1.82, 2.24) is 19.7 Å². The Morgan fingerprint density at radius 3 is 2.74 bits per heavy atom. The van der Waals surface area contributed by atoms with Crippen molar-refractivity contribution in [2.24, 2.45) is 0 Å². The molecule has 3 heterocycles. The number of rotatable bonds is 7. The van der Waals surface area contributed by atoms with Gasteiger partial charge in [-0.3, -0.25) is 9.36 Å². The molecule has 38 heavy (non-hydrogen) atoms. The Morgan fingerprint density at radius 1 is 1.11 bits per heavy atom. The summed E-state index contributed by atoms with van der Waals surface area (Å²) in [7, 11) is 0. The lowest BCUT2D eigenvalue weighted by atomic mass is 9.95. The monoisotopic (exact) mass is 559 g/mol. The van der Waals surface area contributed by atoms with Crippen molar-refractivity contribution in [3.05, 3.63) is 63.8 Å². The zero-order chi connectivity index (χ0) is 26.2. The predicted octanol–water partition coefficient (Wildman–Crippen LogP) is 7.78. The van der Waals surface area contributed by atoms with Crippen LogP contribution in [0.3, 0.4) is 0 Å². The summed E-state index contributed by atoms with van der Waals surface area (Å²) in [6.45, 7) is 6.38. The van der Waals surface area contributed by atoms with Gasteiger partial charge in [0, 0.05) is 33.1 Å². The maximum atomic E-state index is 12.8. The number of aromatic nitrogens is 4. The fourth-order valence-corrected chi connectivity index (χ4v) is 7.95. The van der Waals surface area contributed by atoms with Gasteiger partial charge < -0.3 is 5.32 Å². The van der Waals surface area contributed by atoms with Crippen LogP contribution in [-0.2, 0) is 17.6 Å². The summed E-state index contributed by atoms with van der Waals surface area (Å²) in [6, 6.07) is 14.4. The average molecular weight is 560 g/mol. The van der Waals surface area contributed by atoms with E-state index in [0.717, 1.165) is 39.2 Å². The van der Waals surface area contributed by atoms with Gasteiger partial charge in [0.15, 0.2) is 11.0 Å². The third kappa shape index (κ3) is 5.02. The Hall–Kier alpha value is -3.01. The predicted molar refractivity (Wildman–Crippen MR) is 160 cm³/mol. The first-order chi connectivity index (χ1) is 18.5. The largest absolute Gasteiger partial charge is 0.325 e. The summed E-state index contributed by atoms with van der Waals surface area (Å²) in [5, 5.41) is 16.1. The van der Waals surface area contributed by atoms with E-state index in [4.69, 9.17) is 4.98 Å². The molecule has 9 heteroatoms. The lowest BCUT2D eigenvalue weighted by Gasteiger charge is -2.16. The number of nitrogens with zero attached hydrogens (tertiary/aromatic N) is 4. The number of thioether (sulfide) groups is 1. The van der Waals surface area contributed by atoms with Gasteiger partial charge in [0.2, 0.25) is 5.91 Å². The van der Waals surface area contributed by atoms with Crippen molar-refractivity contribution in [3.63, 3.8) is 0 Å². The van der Waals surface area contributed by atoms with Gasteiger partial charge in [-0.15, -0.1) is 32.9 Å². The van der Waals surface area contributed by atoms with E-state index < -0.39 is 0 Å². The second-order valence-electron chi connectivity index (χ2n) is 9.93. The van der Waals surface area contributed by atoms with Crippen LogP contribution in [0.5, 0.6) is 0 Å². The van der Waals surface area contributed by atoms with E-state index in [1.807, 2.05) is 35.6 Å². The minimum Gasteiger partial charge on any atom is -0.325 e. The second-order valence-corrected chi connectivity index (χ2v) is 12.9. The van der Waals surface area contributed by atoms with E-state index in [9.17, 15) is 4.79 Å². The number of amides is 1. The van der Waals surface area contributed by atoms with Crippen molar-refractivity contribution < 1.29 is 4.79 Å². The van der Waals surface area contributed by atoms with E-state index in [0.29, 0.717) is 0 Å². The molecule has 0 saturated heterocycles. The third-order valence-electron chi connectivity index (χ3n) is 6.78. The number of carbonyl (C=O) groups excluding carboxylic acids is 1. The normalized spacial score (nSPS) is 13.3. The third-order valence-corrected chi connectivity index (χ3v) is 9.87. The number of benzene rings is 2. The number of hydrogen-bond acceptors (Lipinski definition) is 7. The minimum atomic E-state index is -0.0639. The zero-order valence-electron chi connectivity index (χ0n) is 21.7. The van der Waals surface area contributed by atoms with Crippen molar-refractivity contribution in [2.45, 2.75) is 57.7 Å². The van der Waals surface area contributed by atoms with Crippen LogP contribution in [0.25, 0.3) is 32.2 Å². The average Bonchev–Trinajstić information content (AvgIpc) is 3.64. The van der Waals surface area contributed by atoms with Crippen LogP contribution in [-0.4, -0.2) is 31.4 Å². The fourth-order valence-electron chi connectivity index (χ4n) is 4.88. The molecule has 2 aromatic carbocycles. The van der Waals surface area contributed by atoms with Gasteiger partial charge in [0.05, 0.1) is 16.0 Å². The molecule has 6 rings (SSSR count). The number of carbonyl (C=O) groups is 1. The number of anilines is 1. The molecule has 1 N–H and O–H groups in total. The van der Waals surface area contributed by atoms with Gasteiger partial charge in [-0.25, -0.2) is 4.98 Å². The first kappa shape index (κ1) is 25.3. The molecule has 0 aliphatic heterocycles. The highest BCUT2D eigenvalue weighted by Crippen LogP contribution is 2.38. The van der Waals surface area contributed by atoms with E-state index in [2.05, 4.69) is 64.4 Å². The van der Waals surface area contributed by atoms with E-state index in [1.54, 1.807) is 11.3 Å².